The molecule has 1 heteroatoms. The highest BCUT2D eigenvalue weighted by Crippen LogP contribution is 2.27. The first kappa shape index (κ1) is 20.8. The van der Waals surface area contributed by atoms with Crippen LogP contribution in [-0.2, 0) is 0 Å². The maximum absolute atomic E-state index is 11.5. The fourth-order valence-corrected chi connectivity index (χ4v) is 3.59. The lowest BCUT2D eigenvalue weighted by Crippen LogP contribution is -1.91. The number of allylic oxidation sites excluding steroid dienone is 7. The van der Waals surface area contributed by atoms with Crippen LogP contribution >= 0.6 is 0 Å². The Morgan fingerprint density at radius 2 is 1.34 bits per heavy atom. The highest BCUT2D eigenvalue weighted by atomic mass is 16.1. The van der Waals surface area contributed by atoms with Crippen molar-refractivity contribution in [1.29, 1.82) is 0 Å². The molecule has 0 spiro atoms. The van der Waals surface area contributed by atoms with Gasteiger partial charge in [-0.1, -0.05) is 99.2 Å². The van der Waals surface area contributed by atoms with Crippen LogP contribution < -0.4 is 0 Å². The Kier molecular flexibility index (Phi) is 7.19. The standard InChI is InChI=1S/C28H30O/c1-4-5-6-8-21(2)23-11-15-27(16-12-23)25-9-7-10-26(20-19-25)28-17-13-24(14-18-28)22(3)29/h9-20H,2,4-8H2,1,3H3. The van der Waals surface area contributed by atoms with Crippen molar-refractivity contribution in [1.82, 2.24) is 0 Å². The molecule has 1 nitrogen and oxygen atoms in total. The molecule has 0 saturated carbocycles. The molecule has 3 rings (SSSR count). The van der Waals surface area contributed by atoms with Crippen molar-refractivity contribution in [2.75, 3.05) is 0 Å². The highest BCUT2D eigenvalue weighted by molar-refractivity contribution is 5.94. The second-order valence-electron chi connectivity index (χ2n) is 7.66. The van der Waals surface area contributed by atoms with Crippen LogP contribution in [0.5, 0.6) is 0 Å². The van der Waals surface area contributed by atoms with Crippen LogP contribution in [0.3, 0.4) is 0 Å². The minimum atomic E-state index is 0.0994. The van der Waals surface area contributed by atoms with Gasteiger partial charge in [0.25, 0.3) is 0 Å². The van der Waals surface area contributed by atoms with E-state index in [-0.39, 0.29) is 5.78 Å². The Balaban J connectivity index is 1.68. The molecule has 0 aromatic heterocycles. The average molecular weight is 383 g/mol. The van der Waals surface area contributed by atoms with E-state index in [9.17, 15) is 4.79 Å². The molecule has 0 heterocycles. The summed E-state index contributed by atoms with van der Waals surface area (Å²) in [6.07, 6.45) is 14.5. The van der Waals surface area contributed by atoms with Crippen LogP contribution in [0.15, 0.2) is 79.4 Å². The Hall–Kier alpha value is -2.93. The SMILES string of the molecule is C=C(CCCCC)c1ccc(C2=CCC=C(c3ccc(C(C)=O)cc3)C=C2)cc1. The number of unbranched alkanes of at least 4 members (excludes halogenated alkanes) is 2. The monoisotopic (exact) mass is 382 g/mol. The van der Waals surface area contributed by atoms with E-state index >= 15 is 0 Å². The molecule has 2 aromatic carbocycles. The predicted molar refractivity (Wildman–Crippen MR) is 126 cm³/mol. The lowest BCUT2D eigenvalue weighted by molar-refractivity contribution is 0.101. The van der Waals surface area contributed by atoms with E-state index in [0.717, 1.165) is 24.0 Å². The third-order valence-corrected chi connectivity index (χ3v) is 5.45. The Morgan fingerprint density at radius 3 is 1.83 bits per heavy atom. The van der Waals surface area contributed by atoms with Gasteiger partial charge in [-0.15, -0.1) is 0 Å². The zero-order valence-corrected chi connectivity index (χ0v) is 17.6. The van der Waals surface area contributed by atoms with Gasteiger partial charge in [-0.05, 0) is 59.6 Å². The first-order valence-electron chi connectivity index (χ1n) is 10.6. The second-order valence-corrected chi connectivity index (χ2v) is 7.66. The Morgan fingerprint density at radius 1 is 0.828 bits per heavy atom. The molecule has 1 aliphatic carbocycles. The number of hydrogen-bond acceptors (Lipinski definition) is 1. The van der Waals surface area contributed by atoms with E-state index in [2.05, 4.69) is 62.1 Å². The predicted octanol–water partition coefficient (Wildman–Crippen LogP) is 7.91. The van der Waals surface area contributed by atoms with E-state index in [4.69, 9.17) is 0 Å². The highest BCUT2D eigenvalue weighted by Gasteiger charge is 2.06. The largest absolute Gasteiger partial charge is 0.295 e. The molecule has 0 atom stereocenters. The topological polar surface area (TPSA) is 17.1 Å². The van der Waals surface area contributed by atoms with Crippen molar-refractivity contribution in [3.05, 3.63) is 102 Å². The van der Waals surface area contributed by atoms with Gasteiger partial charge >= 0.3 is 0 Å². The molecule has 0 fully saturated rings. The summed E-state index contributed by atoms with van der Waals surface area (Å²) in [4.78, 5) is 11.5. The van der Waals surface area contributed by atoms with E-state index in [1.165, 1.54) is 47.1 Å². The number of rotatable bonds is 8. The van der Waals surface area contributed by atoms with Gasteiger partial charge in [0.1, 0.15) is 0 Å². The number of hydrogen-bond donors (Lipinski definition) is 0. The summed E-state index contributed by atoms with van der Waals surface area (Å²) < 4.78 is 0. The molecular weight excluding hydrogens is 352 g/mol. The lowest BCUT2D eigenvalue weighted by Gasteiger charge is -2.08. The minimum Gasteiger partial charge on any atom is -0.295 e. The molecule has 2 aromatic rings. The molecular formula is C28H30O. The molecule has 0 aliphatic heterocycles. The lowest BCUT2D eigenvalue weighted by atomic mass is 9.97. The van der Waals surface area contributed by atoms with Gasteiger partial charge in [-0.2, -0.15) is 0 Å². The van der Waals surface area contributed by atoms with Gasteiger partial charge < -0.3 is 0 Å². The zero-order chi connectivity index (χ0) is 20.6. The molecule has 0 bridgehead atoms. The molecule has 148 valence electrons. The van der Waals surface area contributed by atoms with E-state index in [0.29, 0.717) is 0 Å². The van der Waals surface area contributed by atoms with E-state index in [1.807, 2.05) is 24.3 Å². The quantitative estimate of drug-likeness (QED) is 0.335. The van der Waals surface area contributed by atoms with Crippen molar-refractivity contribution >= 4 is 22.5 Å². The number of benzene rings is 2. The summed E-state index contributed by atoms with van der Waals surface area (Å²) in [5.74, 6) is 0.0994. The normalized spacial score (nSPS) is 13.4. The average Bonchev–Trinajstić information content (AvgIpc) is 3.00. The summed E-state index contributed by atoms with van der Waals surface area (Å²) in [5, 5.41) is 0. The van der Waals surface area contributed by atoms with Crippen molar-refractivity contribution in [2.24, 2.45) is 0 Å². The molecule has 0 saturated heterocycles. The van der Waals surface area contributed by atoms with E-state index in [1.54, 1.807) is 6.92 Å². The molecule has 1 aliphatic rings. The molecule has 29 heavy (non-hydrogen) atoms. The van der Waals surface area contributed by atoms with Gasteiger partial charge in [-0.25, -0.2) is 0 Å². The third kappa shape index (κ3) is 5.54. The summed E-state index contributed by atoms with van der Waals surface area (Å²) in [6, 6.07) is 16.6. The van der Waals surface area contributed by atoms with Crippen LogP contribution in [-0.4, -0.2) is 5.78 Å². The van der Waals surface area contributed by atoms with Crippen molar-refractivity contribution in [2.45, 2.75) is 46.0 Å². The van der Waals surface area contributed by atoms with Crippen molar-refractivity contribution in [3.63, 3.8) is 0 Å². The second kappa shape index (κ2) is 10.0. The fourth-order valence-electron chi connectivity index (χ4n) is 3.59. The van der Waals surface area contributed by atoms with Crippen LogP contribution in [0.4, 0.5) is 0 Å². The van der Waals surface area contributed by atoms with Crippen LogP contribution in [0.2, 0.25) is 0 Å². The number of ketones is 1. The summed E-state index contributed by atoms with van der Waals surface area (Å²) >= 11 is 0. The van der Waals surface area contributed by atoms with E-state index < -0.39 is 0 Å². The third-order valence-electron chi connectivity index (χ3n) is 5.45. The summed E-state index contributed by atoms with van der Waals surface area (Å²) in [6.45, 7) is 8.08. The molecule has 0 radical (unpaired) electrons. The smallest absolute Gasteiger partial charge is 0.159 e. The maximum atomic E-state index is 11.5. The van der Waals surface area contributed by atoms with Crippen molar-refractivity contribution < 1.29 is 4.79 Å². The van der Waals surface area contributed by atoms with Gasteiger partial charge in [0.05, 0.1) is 0 Å². The Labute approximate surface area is 175 Å². The first-order chi connectivity index (χ1) is 14.1. The summed E-state index contributed by atoms with van der Waals surface area (Å²) in [5.41, 5.74) is 8.02. The maximum Gasteiger partial charge on any atom is 0.159 e. The van der Waals surface area contributed by atoms with Gasteiger partial charge in [0.15, 0.2) is 5.78 Å². The molecule has 0 unspecified atom stereocenters. The fraction of sp³-hybridized carbons (Fsp3) is 0.250. The van der Waals surface area contributed by atoms with Crippen LogP contribution in [0.25, 0.3) is 16.7 Å². The minimum absolute atomic E-state index is 0.0994. The Bertz CT molecular complexity index is 950. The number of Topliss-reactive ketones (excluding diaryl/α,β-unsaturated/α-hetero) is 1. The first-order valence-corrected chi connectivity index (χ1v) is 10.6. The van der Waals surface area contributed by atoms with Crippen molar-refractivity contribution in [3.8, 4) is 0 Å². The molecule has 0 N–H and O–H groups in total. The van der Waals surface area contributed by atoms with Gasteiger partial charge in [0, 0.05) is 5.56 Å². The molecule has 0 amide bonds. The van der Waals surface area contributed by atoms with Crippen LogP contribution in [0, 0.1) is 0 Å². The zero-order valence-electron chi connectivity index (χ0n) is 17.6. The number of carbonyl (C=O) groups is 1. The van der Waals surface area contributed by atoms with Crippen LogP contribution in [0.1, 0.15) is 73.0 Å². The summed E-state index contributed by atoms with van der Waals surface area (Å²) in [7, 11) is 0. The number of carbonyl (C=O) groups excluding carboxylic acids is 1. The van der Waals surface area contributed by atoms with Gasteiger partial charge in [0.2, 0.25) is 0 Å². The van der Waals surface area contributed by atoms with Gasteiger partial charge in [-0.3, -0.25) is 4.79 Å².